The molecule has 2 heterocycles. The van der Waals surface area contributed by atoms with Crippen LogP contribution < -0.4 is 5.56 Å². The van der Waals surface area contributed by atoms with Crippen molar-refractivity contribution in [1.82, 2.24) is 19.3 Å². The van der Waals surface area contributed by atoms with E-state index in [1.165, 1.54) is 28.0 Å². The minimum absolute atomic E-state index is 0.136. The maximum Gasteiger partial charge on any atom is 0.258 e. The number of nitrogens with zero attached hydrogens (tertiary/aromatic N) is 4. The lowest BCUT2D eigenvalue weighted by Gasteiger charge is -2.35. The molecule has 30 heavy (non-hydrogen) atoms. The monoisotopic (exact) mass is 410 g/mol. The molecule has 4 rings (SSSR count). The molecule has 0 spiro atoms. The van der Waals surface area contributed by atoms with Gasteiger partial charge in [0.2, 0.25) is 0 Å². The van der Waals surface area contributed by atoms with E-state index in [4.69, 9.17) is 0 Å². The van der Waals surface area contributed by atoms with E-state index < -0.39 is 23.3 Å². The fourth-order valence-electron chi connectivity index (χ4n) is 3.76. The molecule has 0 aliphatic heterocycles. The predicted octanol–water partition coefficient (Wildman–Crippen LogP) is 3.33. The van der Waals surface area contributed by atoms with Crippen LogP contribution in [0, 0.1) is 18.6 Å². The Kier molecular flexibility index (Phi) is 4.95. The van der Waals surface area contributed by atoms with Gasteiger partial charge in [-0.05, 0) is 37.4 Å². The maximum atomic E-state index is 14.7. The van der Waals surface area contributed by atoms with Crippen LogP contribution in [-0.2, 0) is 12.1 Å². The standard InChI is InChI=1S/C22H20F2N4O2/c1-14-3-5-18-16(9-14)7-8-28(21(18)29)15(2)22(30,11-27-13-25-12-26-27)19-6-4-17(23)10-20(19)24/h3-10,12-13,15,30H,11H2,1-2H3/t15-,22-/m1/s1. The molecule has 8 heteroatoms. The van der Waals surface area contributed by atoms with Crippen molar-refractivity contribution in [2.75, 3.05) is 0 Å². The Morgan fingerprint density at radius 1 is 1.17 bits per heavy atom. The van der Waals surface area contributed by atoms with E-state index in [0.29, 0.717) is 11.5 Å². The molecule has 154 valence electrons. The molecule has 0 radical (unpaired) electrons. The third-order valence-corrected chi connectivity index (χ3v) is 5.46. The third-order valence-electron chi connectivity index (χ3n) is 5.46. The smallest absolute Gasteiger partial charge is 0.258 e. The van der Waals surface area contributed by atoms with Crippen LogP contribution in [0.5, 0.6) is 0 Å². The van der Waals surface area contributed by atoms with E-state index in [1.54, 1.807) is 25.3 Å². The van der Waals surface area contributed by atoms with Gasteiger partial charge in [-0.2, -0.15) is 5.10 Å². The second-order valence-electron chi connectivity index (χ2n) is 7.44. The Labute approximate surface area is 171 Å². The highest BCUT2D eigenvalue weighted by Gasteiger charge is 2.40. The van der Waals surface area contributed by atoms with Gasteiger partial charge in [-0.1, -0.05) is 23.8 Å². The fraction of sp³-hybridized carbons (Fsp3) is 0.227. The van der Waals surface area contributed by atoms with Gasteiger partial charge in [-0.15, -0.1) is 0 Å². The van der Waals surface area contributed by atoms with Gasteiger partial charge >= 0.3 is 0 Å². The molecule has 2 aromatic heterocycles. The second-order valence-corrected chi connectivity index (χ2v) is 7.44. The zero-order valence-corrected chi connectivity index (χ0v) is 16.5. The summed E-state index contributed by atoms with van der Waals surface area (Å²) in [4.78, 5) is 17.0. The van der Waals surface area contributed by atoms with Gasteiger partial charge in [-0.3, -0.25) is 4.79 Å². The molecule has 6 nitrogen and oxygen atoms in total. The molecular formula is C22H20F2N4O2. The largest absolute Gasteiger partial charge is 0.381 e. The Hall–Kier alpha value is -3.39. The normalized spacial score (nSPS) is 14.6. The lowest BCUT2D eigenvalue weighted by atomic mass is 9.86. The summed E-state index contributed by atoms with van der Waals surface area (Å²) in [6, 6.07) is 9.30. The first-order valence-corrected chi connectivity index (χ1v) is 9.41. The first-order valence-electron chi connectivity index (χ1n) is 9.41. The number of halogens is 2. The number of hydrogen-bond acceptors (Lipinski definition) is 4. The molecule has 0 bridgehead atoms. The molecule has 0 unspecified atom stereocenters. The number of aliphatic hydroxyl groups is 1. The van der Waals surface area contributed by atoms with Gasteiger partial charge in [0.05, 0.1) is 12.6 Å². The van der Waals surface area contributed by atoms with E-state index in [-0.39, 0.29) is 17.7 Å². The third kappa shape index (κ3) is 3.39. The van der Waals surface area contributed by atoms with Crippen LogP contribution in [0.15, 0.2) is 66.1 Å². The SMILES string of the molecule is Cc1ccc2c(=O)n([C@H](C)[C@](O)(Cn3cncn3)c3ccc(F)cc3F)ccc2c1. The number of benzene rings is 2. The molecule has 0 fully saturated rings. The molecule has 0 aliphatic carbocycles. The van der Waals surface area contributed by atoms with Crippen molar-refractivity contribution in [2.24, 2.45) is 0 Å². The Balaban J connectivity index is 1.88. The maximum absolute atomic E-state index is 14.7. The number of pyridine rings is 1. The summed E-state index contributed by atoms with van der Waals surface area (Å²) in [5.74, 6) is -1.67. The molecule has 1 N–H and O–H groups in total. The minimum atomic E-state index is -1.91. The van der Waals surface area contributed by atoms with Crippen molar-refractivity contribution < 1.29 is 13.9 Å². The molecular weight excluding hydrogens is 390 g/mol. The molecule has 2 atom stereocenters. The van der Waals surface area contributed by atoms with Crippen LogP contribution in [0.25, 0.3) is 10.8 Å². The molecule has 0 saturated heterocycles. The molecule has 2 aromatic carbocycles. The number of fused-ring (bicyclic) bond motifs is 1. The van der Waals surface area contributed by atoms with Crippen molar-refractivity contribution in [1.29, 1.82) is 0 Å². The molecule has 0 amide bonds. The number of hydrogen-bond donors (Lipinski definition) is 1. The van der Waals surface area contributed by atoms with Crippen LogP contribution in [0.2, 0.25) is 0 Å². The summed E-state index contributed by atoms with van der Waals surface area (Å²) in [6.07, 6.45) is 4.24. The summed E-state index contributed by atoms with van der Waals surface area (Å²) >= 11 is 0. The zero-order valence-electron chi connectivity index (χ0n) is 16.5. The van der Waals surface area contributed by atoms with Crippen LogP contribution in [0.4, 0.5) is 8.78 Å². The number of aryl methyl sites for hydroxylation is 1. The van der Waals surface area contributed by atoms with E-state index in [9.17, 15) is 18.7 Å². The van der Waals surface area contributed by atoms with E-state index in [2.05, 4.69) is 10.1 Å². The summed E-state index contributed by atoms with van der Waals surface area (Å²) < 4.78 is 30.9. The van der Waals surface area contributed by atoms with E-state index >= 15 is 0 Å². The quantitative estimate of drug-likeness (QED) is 0.548. The Morgan fingerprint density at radius 2 is 1.97 bits per heavy atom. The van der Waals surface area contributed by atoms with E-state index in [1.807, 2.05) is 19.1 Å². The summed E-state index contributed by atoms with van der Waals surface area (Å²) in [5.41, 5.74) is -1.35. The highest BCUT2D eigenvalue weighted by Crippen LogP contribution is 2.36. The van der Waals surface area contributed by atoms with Gasteiger partial charge in [0, 0.05) is 23.2 Å². The highest BCUT2D eigenvalue weighted by atomic mass is 19.1. The number of rotatable bonds is 5. The van der Waals surface area contributed by atoms with Crippen LogP contribution in [0.1, 0.15) is 24.1 Å². The van der Waals surface area contributed by atoms with Crippen molar-refractivity contribution in [3.8, 4) is 0 Å². The van der Waals surface area contributed by atoms with Crippen molar-refractivity contribution in [2.45, 2.75) is 32.0 Å². The molecule has 0 saturated carbocycles. The zero-order chi connectivity index (χ0) is 21.5. The first-order chi connectivity index (χ1) is 14.3. The molecule has 0 aliphatic rings. The van der Waals surface area contributed by atoms with Gasteiger partial charge in [0.15, 0.2) is 0 Å². The van der Waals surface area contributed by atoms with Crippen molar-refractivity contribution >= 4 is 10.8 Å². The average Bonchev–Trinajstić information content (AvgIpc) is 3.20. The van der Waals surface area contributed by atoms with Crippen LogP contribution >= 0.6 is 0 Å². The van der Waals surface area contributed by atoms with Gasteiger partial charge in [0.25, 0.3) is 5.56 Å². The number of aromatic nitrogens is 4. The predicted molar refractivity (Wildman–Crippen MR) is 108 cm³/mol. The van der Waals surface area contributed by atoms with Gasteiger partial charge in [-0.25, -0.2) is 18.4 Å². The minimum Gasteiger partial charge on any atom is -0.381 e. The fourth-order valence-corrected chi connectivity index (χ4v) is 3.76. The van der Waals surface area contributed by atoms with Gasteiger partial charge < -0.3 is 9.67 Å². The van der Waals surface area contributed by atoms with Gasteiger partial charge in [0.1, 0.15) is 29.9 Å². The lowest BCUT2D eigenvalue weighted by Crippen LogP contribution is -2.43. The topological polar surface area (TPSA) is 72.9 Å². The average molecular weight is 410 g/mol. The van der Waals surface area contributed by atoms with Crippen LogP contribution in [-0.4, -0.2) is 24.4 Å². The summed E-state index contributed by atoms with van der Waals surface area (Å²) in [5, 5.41) is 16.9. The van der Waals surface area contributed by atoms with Crippen LogP contribution in [0.3, 0.4) is 0 Å². The Morgan fingerprint density at radius 3 is 2.67 bits per heavy atom. The molecule has 4 aromatic rings. The summed E-state index contributed by atoms with van der Waals surface area (Å²) in [7, 11) is 0. The lowest BCUT2D eigenvalue weighted by molar-refractivity contribution is -0.0340. The highest BCUT2D eigenvalue weighted by molar-refractivity contribution is 5.82. The first kappa shape index (κ1) is 19.9. The van der Waals surface area contributed by atoms with Crippen molar-refractivity contribution in [3.05, 3.63) is 94.4 Å². The van der Waals surface area contributed by atoms with E-state index in [0.717, 1.165) is 17.0 Å². The van der Waals surface area contributed by atoms with Crippen molar-refractivity contribution in [3.63, 3.8) is 0 Å². The second kappa shape index (κ2) is 7.46. The Bertz CT molecular complexity index is 1270. The summed E-state index contributed by atoms with van der Waals surface area (Å²) in [6.45, 7) is 3.36.